The smallest absolute Gasteiger partial charge is 0.160 e. The van der Waals surface area contributed by atoms with Gasteiger partial charge in [0.1, 0.15) is 0 Å². The average Bonchev–Trinajstić information content (AvgIpc) is 3.72. The van der Waals surface area contributed by atoms with Crippen LogP contribution in [0.15, 0.2) is 188 Å². The Balaban J connectivity index is 1.10. The van der Waals surface area contributed by atoms with Gasteiger partial charge in [-0.1, -0.05) is 155 Å². The molecule has 4 nitrogen and oxygen atoms in total. The zero-order valence-corrected chi connectivity index (χ0v) is 36.5. The maximum absolute atomic E-state index is 5.57. The Bertz CT molecular complexity index is 3390. The molecule has 0 unspecified atom stereocenters. The first-order chi connectivity index (χ1) is 31.2. The number of hydrogen-bond donors (Lipinski definition) is 0. The van der Waals surface area contributed by atoms with Crippen molar-refractivity contribution >= 4 is 16.5 Å². The number of aromatic nitrogens is 4. The van der Waals surface area contributed by atoms with Crippen LogP contribution in [0, 0.1) is 0 Å². The fourth-order valence-electron chi connectivity index (χ4n) is 10.7. The van der Waals surface area contributed by atoms with E-state index in [2.05, 4.69) is 183 Å². The molecule has 0 bridgehead atoms. The molecular weight excluding hydrogens is 777 g/mol. The van der Waals surface area contributed by atoms with Crippen LogP contribution < -0.4 is 0 Å². The highest BCUT2D eigenvalue weighted by Crippen LogP contribution is 2.53. The monoisotopic (exact) mass is 822 g/mol. The minimum atomic E-state index is -0.125. The molecule has 0 saturated heterocycles. The molecule has 0 spiro atoms. The molecule has 0 radical (unpaired) electrons. The van der Waals surface area contributed by atoms with Crippen LogP contribution in [-0.4, -0.2) is 19.9 Å². The highest BCUT2D eigenvalue weighted by molar-refractivity contribution is 6.05. The molecule has 3 aliphatic rings. The second kappa shape index (κ2) is 14.5. The van der Waals surface area contributed by atoms with Crippen LogP contribution in [0.5, 0.6) is 0 Å². The fraction of sp³-hybridized carbons (Fsp3) is 0.133. The molecule has 9 aromatic rings. The SMILES string of the molecule is CC1(C)C2=C(C=CCC2)c2ccc(-c3cc(-c4ccc5c(c4)C(C)(C)c4ccccc4-5)cc4c(-c5ccc(-c6cccnc6)cc5)nc(-c5ccc(-c6cccnc6)cc5)nc34)cc21. The van der Waals surface area contributed by atoms with E-state index >= 15 is 0 Å². The second-order valence-electron chi connectivity index (χ2n) is 18.6. The zero-order chi connectivity index (χ0) is 43.2. The van der Waals surface area contributed by atoms with E-state index in [0.29, 0.717) is 5.82 Å². The maximum atomic E-state index is 5.57. The first-order valence-electron chi connectivity index (χ1n) is 22.4. The fourth-order valence-corrected chi connectivity index (χ4v) is 10.7. The number of rotatable bonds is 6. The molecular formula is C60H46N4. The van der Waals surface area contributed by atoms with Crippen LogP contribution in [0.2, 0.25) is 0 Å². The molecule has 0 aliphatic heterocycles. The minimum absolute atomic E-state index is 0.0727. The summed E-state index contributed by atoms with van der Waals surface area (Å²) in [4.78, 5) is 19.8. The molecule has 6 aromatic carbocycles. The van der Waals surface area contributed by atoms with Crippen molar-refractivity contribution in [1.82, 2.24) is 19.9 Å². The Kier molecular flexibility index (Phi) is 8.64. The first-order valence-corrected chi connectivity index (χ1v) is 22.4. The maximum Gasteiger partial charge on any atom is 0.160 e. The van der Waals surface area contributed by atoms with E-state index in [1.165, 1.54) is 44.5 Å². The molecule has 3 heterocycles. The number of fused-ring (bicyclic) bond motifs is 6. The molecule has 0 fully saturated rings. The van der Waals surface area contributed by atoms with Crippen LogP contribution in [0.4, 0.5) is 0 Å². The standard InChI is InChI=1S/C60H46N4/c1-59(2)52-15-7-5-13-46(52)48-27-25-41(33-54(48)59)45-31-50(42-26-28-49-47-14-6-8-16-53(47)60(3,4)55(49)34-42)57-51(32-45)56(39-21-17-37(18-22-39)43-11-9-29-61-35-43)63-58(64-57)40-23-19-38(20-24-40)44-12-10-30-62-36-44/h5-7,9-15,17-36H,8,16H2,1-4H3. The van der Waals surface area contributed by atoms with Gasteiger partial charge in [-0.25, -0.2) is 9.97 Å². The molecule has 0 amide bonds. The predicted molar refractivity (Wildman–Crippen MR) is 264 cm³/mol. The molecule has 4 heteroatoms. The van der Waals surface area contributed by atoms with Gasteiger partial charge < -0.3 is 0 Å². The Morgan fingerprint density at radius 3 is 1.77 bits per heavy atom. The van der Waals surface area contributed by atoms with E-state index in [-0.39, 0.29) is 10.8 Å². The summed E-state index contributed by atoms with van der Waals surface area (Å²) in [5, 5.41) is 1.01. The van der Waals surface area contributed by atoms with Crippen LogP contribution in [-0.2, 0) is 10.8 Å². The lowest BCUT2D eigenvalue weighted by molar-refractivity contribution is 0.607. The third-order valence-electron chi connectivity index (χ3n) is 14.2. The number of allylic oxidation sites excluding steroid dienone is 4. The van der Waals surface area contributed by atoms with Gasteiger partial charge in [0.05, 0.1) is 11.2 Å². The van der Waals surface area contributed by atoms with Crippen molar-refractivity contribution in [3.05, 3.63) is 210 Å². The Labute approximate surface area is 374 Å². The van der Waals surface area contributed by atoms with Crippen molar-refractivity contribution in [1.29, 1.82) is 0 Å². The van der Waals surface area contributed by atoms with Gasteiger partial charge >= 0.3 is 0 Å². The van der Waals surface area contributed by atoms with Gasteiger partial charge in [0.2, 0.25) is 0 Å². The summed E-state index contributed by atoms with van der Waals surface area (Å²) < 4.78 is 0. The third kappa shape index (κ3) is 6.04. The molecule has 306 valence electrons. The Morgan fingerprint density at radius 1 is 0.438 bits per heavy atom. The largest absolute Gasteiger partial charge is 0.264 e. The van der Waals surface area contributed by atoms with Crippen molar-refractivity contribution < 1.29 is 0 Å². The predicted octanol–water partition coefficient (Wildman–Crippen LogP) is 15.1. The topological polar surface area (TPSA) is 51.6 Å². The number of hydrogen-bond acceptors (Lipinski definition) is 4. The van der Waals surface area contributed by atoms with Gasteiger partial charge in [-0.15, -0.1) is 0 Å². The molecule has 3 aromatic heterocycles. The van der Waals surface area contributed by atoms with E-state index in [1.54, 1.807) is 5.57 Å². The average molecular weight is 823 g/mol. The van der Waals surface area contributed by atoms with E-state index in [9.17, 15) is 0 Å². The van der Waals surface area contributed by atoms with Gasteiger partial charge in [0.15, 0.2) is 5.82 Å². The van der Waals surface area contributed by atoms with Crippen molar-refractivity contribution in [2.75, 3.05) is 0 Å². The van der Waals surface area contributed by atoms with Crippen molar-refractivity contribution in [3.63, 3.8) is 0 Å². The normalized spacial score (nSPS) is 15.2. The molecule has 12 rings (SSSR count). The zero-order valence-electron chi connectivity index (χ0n) is 36.5. The van der Waals surface area contributed by atoms with E-state index in [4.69, 9.17) is 9.97 Å². The summed E-state index contributed by atoms with van der Waals surface area (Å²) in [5.74, 6) is 0.686. The third-order valence-corrected chi connectivity index (χ3v) is 14.2. The first kappa shape index (κ1) is 38.1. The van der Waals surface area contributed by atoms with E-state index < -0.39 is 0 Å². The highest BCUT2D eigenvalue weighted by Gasteiger charge is 2.38. The van der Waals surface area contributed by atoms with Crippen LogP contribution in [0.1, 0.15) is 62.8 Å². The van der Waals surface area contributed by atoms with Gasteiger partial charge in [0.25, 0.3) is 0 Å². The molecule has 0 N–H and O–H groups in total. The number of pyridine rings is 2. The van der Waals surface area contributed by atoms with Crippen LogP contribution in [0.3, 0.4) is 0 Å². The van der Waals surface area contributed by atoms with Gasteiger partial charge in [-0.3, -0.25) is 9.97 Å². The molecule has 0 saturated carbocycles. The van der Waals surface area contributed by atoms with Crippen LogP contribution >= 0.6 is 0 Å². The number of benzene rings is 6. The highest BCUT2D eigenvalue weighted by atomic mass is 14.9. The summed E-state index contributed by atoms with van der Waals surface area (Å²) >= 11 is 0. The summed E-state index contributed by atoms with van der Waals surface area (Å²) in [6.45, 7) is 9.51. The lowest BCUT2D eigenvalue weighted by atomic mass is 9.78. The van der Waals surface area contributed by atoms with Crippen molar-refractivity contribution in [2.24, 2.45) is 0 Å². The number of nitrogens with zero attached hydrogens (tertiary/aromatic N) is 4. The lowest BCUT2D eigenvalue weighted by Gasteiger charge is -2.26. The van der Waals surface area contributed by atoms with Gasteiger partial charge in [-0.2, -0.15) is 0 Å². The molecule has 0 atom stereocenters. The van der Waals surface area contributed by atoms with Crippen molar-refractivity contribution in [2.45, 2.75) is 51.4 Å². The lowest BCUT2D eigenvalue weighted by Crippen LogP contribution is -2.17. The van der Waals surface area contributed by atoms with Crippen molar-refractivity contribution in [3.8, 4) is 78.3 Å². The summed E-state index contributed by atoms with van der Waals surface area (Å²) in [5.41, 5.74) is 23.6. The van der Waals surface area contributed by atoms with Gasteiger partial charge in [0, 0.05) is 57.7 Å². The minimum Gasteiger partial charge on any atom is -0.264 e. The Hall–Kier alpha value is -7.56. The quantitative estimate of drug-likeness (QED) is 0.168. The van der Waals surface area contributed by atoms with E-state index in [1.807, 2.05) is 36.9 Å². The summed E-state index contributed by atoms with van der Waals surface area (Å²) in [7, 11) is 0. The summed E-state index contributed by atoms with van der Waals surface area (Å²) in [6, 6.07) is 53.2. The van der Waals surface area contributed by atoms with E-state index in [0.717, 1.165) is 79.5 Å². The van der Waals surface area contributed by atoms with Crippen LogP contribution in [0.25, 0.3) is 94.8 Å². The Morgan fingerprint density at radius 2 is 1.05 bits per heavy atom. The molecule has 64 heavy (non-hydrogen) atoms. The van der Waals surface area contributed by atoms with Gasteiger partial charge in [-0.05, 0) is 127 Å². The molecule has 3 aliphatic carbocycles. The second-order valence-corrected chi connectivity index (χ2v) is 18.6. The summed E-state index contributed by atoms with van der Waals surface area (Å²) in [6.07, 6.45) is 14.3.